The molecule has 1 aliphatic carbocycles. The maximum absolute atomic E-state index is 5.90. The van der Waals surface area contributed by atoms with Gasteiger partial charge in [-0.15, -0.1) is 0 Å². The van der Waals surface area contributed by atoms with Crippen molar-refractivity contribution < 1.29 is 9.47 Å². The summed E-state index contributed by atoms with van der Waals surface area (Å²) in [6, 6.07) is 8.85. The van der Waals surface area contributed by atoms with E-state index >= 15 is 0 Å². The Morgan fingerprint density at radius 1 is 1.29 bits per heavy atom. The number of aryl methyl sites for hydroxylation is 1. The van der Waals surface area contributed by atoms with Crippen LogP contribution in [0.3, 0.4) is 0 Å². The van der Waals surface area contributed by atoms with Crippen LogP contribution in [0.5, 0.6) is 5.75 Å². The molecule has 94 valence electrons. The van der Waals surface area contributed by atoms with Crippen molar-refractivity contribution in [2.24, 2.45) is 0 Å². The number of hydrogen-bond donors (Lipinski definition) is 1. The lowest BCUT2D eigenvalue weighted by atomic mass is 10.2. The van der Waals surface area contributed by atoms with Gasteiger partial charge >= 0.3 is 0 Å². The van der Waals surface area contributed by atoms with Crippen LogP contribution in [0.4, 0.5) is 0 Å². The molecule has 0 amide bonds. The van der Waals surface area contributed by atoms with Crippen LogP contribution in [-0.4, -0.2) is 32.4 Å². The Bertz CT molecular complexity index is 333. The molecule has 0 spiro atoms. The van der Waals surface area contributed by atoms with Crippen molar-refractivity contribution in [1.29, 1.82) is 0 Å². The molecule has 1 N–H and O–H groups in total. The molecule has 1 aliphatic rings. The quantitative estimate of drug-likeness (QED) is 0.785. The first-order valence-corrected chi connectivity index (χ1v) is 6.23. The molecule has 3 nitrogen and oxygen atoms in total. The van der Waals surface area contributed by atoms with Crippen LogP contribution in [0.25, 0.3) is 0 Å². The van der Waals surface area contributed by atoms with Gasteiger partial charge in [-0.25, -0.2) is 0 Å². The maximum Gasteiger partial charge on any atom is 0.134 e. The van der Waals surface area contributed by atoms with Crippen LogP contribution < -0.4 is 10.1 Å². The molecule has 1 aromatic rings. The van der Waals surface area contributed by atoms with E-state index in [-0.39, 0.29) is 6.10 Å². The second kappa shape index (κ2) is 6.03. The third-order valence-corrected chi connectivity index (χ3v) is 2.89. The molecule has 2 rings (SSSR count). The fraction of sp³-hybridized carbons (Fsp3) is 0.571. The SMILES string of the molecule is COCC(CNC1CC1)Oc1ccc(C)cc1. The van der Waals surface area contributed by atoms with Crippen molar-refractivity contribution in [3.05, 3.63) is 29.8 Å². The summed E-state index contributed by atoms with van der Waals surface area (Å²) in [7, 11) is 1.71. The summed E-state index contributed by atoms with van der Waals surface area (Å²) < 4.78 is 11.1. The fourth-order valence-electron chi connectivity index (χ4n) is 1.72. The molecule has 0 bridgehead atoms. The van der Waals surface area contributed by atoms with Crippen molar-refractivity contribution in [3.8, 4) is 5.75 Å². The number of benzene rings is 1. The lowest BCUT2D eigenvalue weighted by Crippen LogP contribution is -2.35. The summed E-state index contributed by atoms with van der Waals surface area (Å²) >= 11 is 0. The summed E-state index contributed by atoms with van der Waals surface area (Å²) in [6.45, 7) is 3.55. The molecule has 17 heavy (non-hydrogen) atoms. The Balaban J connectivity index is 1.84. The molecule has 1 saturated carbocycles. The van der Waals surface area contributed by atoms with Crippen LogP contribution in [0.1, 0.15) is 18.4 Å². The van der Waals surface area contributed by atoms with Gasteiger partial charge in [0.05, 0.1) is 6.61 Å². The third-order valence-electron chi connectivity index (χ3n) is 2.89. The van der Waals surface area contributed by atoms with Crippen molar-refractivity contribution in [3.63, 3.8) is 0 Å². The van der Waals surface area contributed by atoms with Gasteiger partial charge < -0.3 is 14.8 Å². The van der Waals surface area contributed by atoms with E-state index in [0.29, 0.717) is 12.6 Å². The highest BCUT2D eigenvalue weighted by Gasteiger charge is 2.22. The average molecular weight is 235 g/mol. The molecule has 0 aliphatic heterocycles. The first-order valence-electron chi connectivity index (χ1n) is 6.23. The second-order valence-electron chi connectivity index (χ2n) is 4.69. The first-order chi connectivity index (χ1) is 8.28. The Morgan fingerprint density at radius 2 is 2.00 bits per heavy atom. The normalized spacial score (nSPS) is 16.8. The van der Waals surface area contributed by atoms with Crippen molar-refractivity contribution in [2.75, 3.05) is 20.3 Å². The molecule has 1 atom stereocenters. The van der Waals surface area contributed by atoms with E-state index in [4.69, 9.17) is 9.47 Å². The van der Waals surface area contributed by atoms with E-state index in [1.807, 2.05) is 12.1 Å². The summed E-state index contributed by atoms with van der Waals surface area (Å²) in [5.41, 5.74) is 1.25. The van der Waals surface area contributed by atoms with Crippen molar-refractivity contribution in [2.45, 2.75) is 31.9 Å². The minimum Gasteiger partial charge on any atom is -0.487 e. The van der Waals surface area contributed by atoms with Gasteiger partial charge in [-0.1, -0.05) is 17.7 Å². The lowest BCUT2D eigenvalue weighted by molar-refractivity contribution is 0.0804. The summed E-state index contributed by atoms with van der Waals surface area (Å²) in [6.07, 6.45) is 2.68. The monoisotopic (exact) mass is 235 g/mol. The molecule has 3 heteroatoms. The standard InChI is InChI=1S/C14H21NO2/c1-11-3-7-13(8-4-11)17-14(10-16-2)9-15-12-5-6-12/h3-4,7-8,12,14-15H,5-6,9-10H2,1-2H3. The van der Waals surface area contributed by atoms with Crippen LogP contribution in [0, 0.1) is 6.92 Å². The second-order valence-corrected chi connectivity index (χ2v) is 4.69. The molecule has 1 fully saturated rings. The summed E-state index contributed by atoms with van der Waals surface area (Å²) in [5, 5.41) is 3.47. The smallest absolute Gasteiger partial charge is 0.134 e. The van der Waals surface area contributed by atoms with Gasteiger partial charge in [0.2, 0.25) is 0 Å². The highest BCUT2D eigenvalue weighted by Crippen LogP contribution is 2.19. The zero-order valence-corrected chi connectivity index (χ0v) is 10.6. The zero-order valence-electron chi connectivity index (χ0n) is 10.6. The van der Waals surface area contributed by atoms with E-state index in [1.165, 1.54) is 18.4 Å². The predicted molar refractivity (Wildman–Crippen MR) is 68.5 cm³/mol. The van der Waals surface area contributed by atoms with Gasteiger partial charge in [-0.05, 0) is 31.9 Å². The number of methoxy groups -OCH3 is 1. The molecule has 1 aromatic carbocycles. The lowest BCUT2D eigenvalue weighted by Gasteiger charge is -2.19. The number of ether oxygens (including phenoxy) is 2. The average Bonchev–Trinajstić information content (AvgIpc) is 3.13. The van der Waals surface area contributed by atoms with Crippen LogP contribution >= 0.6 is 0 Å². The van der Waals surface area contributed by atoms with Crippen LogP contribution in [0.2, 0.25) is 0 Å². The van der Waals surface area contributed by atoms with E-state index < -0.39 is 0 Å². The predicted octanol–water partition coefficient (Wildman–Crippen LogP) is 2.14. The number of rotatable bonds is 7. The summed E-state index contributed by atoms with van der Waals surface area (Å²) in [5.74, 6) is 0.912. The molecule has 0 saturated heterocycles. The molecule has 1 unspecified atom stereocenters. The van der Waals surface area contributed by atoms with Gasteiger partial charge in [0.15, 0.2) is 0 Å². The highest BCUT2D eigenvalue weighted by atomic mass is 16.5. The number of nitrogens with one attached hydrogen (secondary N) is 1. The fourth-order valence-corrected chi connectivity index (χ4v) is 1.72. The Labute approximate surface area is 103 Å². The van der Waals surface area contributed by atoms with E-state index in [1.54, 1.807) is 7.11 Å². The van der Waals surface area contributed by atoms with Crippen LogP contribution in [0.15, 0.2) is 24.3 Å². The topological polar surface area (TPSA) is 30.5 Å². The van der Waals surface area contributed by atoms with Crippen LogP contribution in [-0.2, 0) is 4.74 Å². The van der Waals surface area contributed by atoms with E-state index in [2.05, 4.69) is 24.4 Å². The first kappa shape index (κ1) is 12.4. The van der Waals surface area contributed by atoms with Crippen molar-refractivity contribution >= 4 is 0 Å². The van der Waals surface area contributed by atoms with Gasteiger partial charge in [-0.3, -0.25) is 0 Å². The van der Waals surface area contributed by atoms with Gasteiger partial charge in [0.25, 0.3) is 0 Å². The van der Waals surface area contributed by atoms with Gasteiger partial charge in [0, 0.05) is 19.7 Å². The highest BCUT2D eigenvalue weighted by molar-refractivity contribution is 5.26. The largest absolute Gasteiger partial charge is 0.487 e. The van der Waals surface area contributed by atoms with Gasteiger partial charge in [0.1, 0.15) is 11.9 Å². The minimum atomic E-state index is 0.0864. The van der Waals surface area contributed by atoms with Crippen molar-refractivity contribution in [1.82, 2.24) is 5.32 Å². The molecular weight excluding hydrogens is 214 g/mol. The zero-order chi connectivity index (χ0) is 12.1. The van der Waals surface area contributed by atoms with E-state index in [0.717, 1.165) is 12.3 Å². The maximum atomic E-state index is 5.90. The molecule has 0 heterocycles. The molecular formula is C14H21NO2. The molecule has 0 aromatic heterocycles. The number of hydrogen-bond acceptors (Lipinski definition) is 3. The summed E-state index contributed by atoms with van der Waals surface area (Å²) in [4.78, 5) is 0. The Hall–Kier alpha value is -1.06. The minimum absolute atomic E-state index is 0.0864. The Kier molecular flexibility index (Phi) is 4.40. The van der Waals surface area contributed by atoms with E-state index in [9.17, 15) is 0 Å². The van der Waals surface area contributed by atoms with Gasteiger partial charge in [-0.2, -0.15) is 0 Å². The molecule has 0 radical (unpaired) electrons. The Morgan fingerprint density at radius 3 is 2.59 bits per heavy atom. The third kappa shape index (κ3) is 4.36.